The molecule has 5 heteroatoms. The Bertz CT molecular complexity index is 479. The van der Waals surface area contributed by atoms with Gasteiger partial charge in [0.2, 0.25) is 0 Å². The molecule has 0 radical (unpaired) electrons. The van der Waals surface area contributed by atoms with Crippen LogP contribution in [0.4, 0.5) is 10.1 Å². The lowest BCUT2D eigenvalue weighted by Crippen LogP contribution is -1.97. The van der Waals surface area contributed by atoms with Gasteiger partial charge in [-0.15, -0.1) is 0 Å². The van der Waals surface area contributed by atoms with E-state index in [1.807, 2.05) is 6.07 Å². The Morgan fingerprint density at radius 3 is 2.69 bits per heavy atom. The first-order valence-corrected chi connectivity index (χ1v) is 6.17. The van der Waals surface area contributed by atoms with E-state index in [0.717, 1.165) is 15.9 Å². The molecule has 0 saturated carbocycles. The molecule has 0 amide bonds. The molecule has 0 aliphatic rings. The largest absolute Gasteiger partial charge is 0.451 e. The van der Waals surface area contributed by atoms with Crippen LogP contribution in [-0.2, 0) is 6.54 Å². The third kappa shape index (κ3) is 2.86. The van der Waals surface area contributed by atoms with Gasteiger partial charge in [0.15, 0.2) is 4.67 Å². The lowest BCUT2D eigenvalue weighted by Gasteiger charge is -2.03. The van der Waals surface area contributed by atoms with E-state index in [2.05, 4.69) is 37.2 Å². The Morgan fingerprint density at radius 1 is 1.25 bits per heavy atom. The van der Waals surface area contributed by atoms with Crippen LogP contribution in [0.3, 0.4) is 0 Å². The summed E-state index contributed by atoms with van der Waals surface area (Å²) >= 11 is 6.58. The van der Waals surface area contributed by atoms with Crippen LogP contribution in [0, 0.1) is 5.82 Å². The number of hydrogen-bond donors (Lipinski definition) is 1. The molecule has 2 rings (SSSR count). The van der Waals surface area contributed by atoms with Crippen LogP contribution < -0.4 is 5.32 Å². The third-order valence-electron chi connectivity index (χ3n) is 1.99. The summed E-state index contributed by atoms with van der Waals surface area (Å²) in [4.78, 5) is 0. The summed E-state index contributed by atoms with van der Waals surface area (Å²) in [5.41, 5.74) is 0.726. The van der Waals surface area contributed by atoms with Crippen molar-refractivity contribution < 1.29 is 8.81 Å². The maximum Gasteiger partial charge on any atom is 0.183 e. The number of benzene rings is 1. The van der Waals surface area contributed by atoms with Gasteiger partial charge in [-0.3, -0.25) is 0 Å². The van der Waals surface area contributed by atoms with Gasteiger partial charge in [0.25, 0.3) is 0 Å². The quantitative estimate of drug-likeness (QED) is 0.879. The number of nitrogens with one attached hydrogen (secondary N) is 1. The monoisotopic (exact) mass is 347 g/mol. The number of halogens is 3. The first-order chi connectivity index (χ1) is 7.65. The SMILES string of the molecule is Fc1cccc(NCc2cc(Br)c(Br)o2)c1. The summed E-state index contributed by atoms with van der Waals surface area (Å²) in [5.74, 6) is 0.509. The summed E-state index contributed by atoms with van der Waals surface area (Å²) in [7, 11) is 0. The summed E-state index contributed by atoms with van der Waals surface area (Å²) in [6, 6.07) is 8.16. The summed E-state index contributed by atoms with van der Waals surface area (Å²) in [5, 5.41) is 3.07. The van der Waals surface area contributed by atoms with Crippen LogP contribution in [0.2, 0.25) is 0 Å². The van der Waals surface area contributed by atoms with E-state index in [1.165, 1.54) is 12.1 Å². The number of anilines is 1. The van der Waals surface area contributed by atoms with Crippen molar-refractivity contribution in [3.63, 3.8) is 0 Å². The molecule has 16 heavy (non-hydrogen) atoms. The second-order valence-electron chi connectivity index (χ2n) is 3.20. The molecule has 0 aliphatic heterocycles. The predicted octanol–water partition coefficient (Wildman–Crippen LogP) is 4.56. The van der Waals surface area contributed by atoms with Crippen LogP contribution >= 0.6 is 31.9 Å². The minimum Gasteiger partial charge on any atom is -0.451 e. The fourth-order valence-electron chi connectivity index (χ4n) is 1.27. The van der Waals surface area contributed by atoms with Crippen molar-refractivity contribution in [3.8, 4) is 0 Å². The molecule has 0 saturated heterocycles. The van der Waals surface area contributed by atoms with Gasteiger partial charge in [-0.1, -0.05) is 6.07 Å². The van der Waals surface area contributed by atoms with E-state index in [9.17, 15) is 4.39 Å². The van der Waals surface area contributed by atoms with Crippen LogP contribution in [0.5, 0.6) is 0 Å². The standard InChI is InChI=1S/C11H8Br2FNO/c12-10-5-9(16-11(10)13)6-15-8-3-1-2-7(14)4-8/h1-5,15H,6H2. The summed E-state index contributed by atoms with van der Waals surface area (Å²) in [6.07, 6.45) is 0. The molecule has 0 spiro atoms. The van der Waals surface area contributed by atoms with Crippen LogP contribution in [-0.4, -0.2) is 0 Å². The van der Waals surface area contributed by atoms with Crippen molar-refractivity contribution >= 4 is 37.5 Å². The van der Waals surface area contributed by atoms with Crippen LogP contribution in [0.1, 0.15) is 5.76 Å². The predicted molar refractivity (Wildman–Crippen MR) is 67.8 cm³/mol. The highest BCUT2D eigenvalue weighted by atomic mass is 79.9. The van der Waals surface area contributed by atoms with Gasteiger partial charge in [-0.25, -0.2) is 4.39 Å². The number of furan rings is 1. The molecule has 1 aromatic heterocycles. The number of rotatable bonds is 3. The van der Waals surface area contributed by atoms with Gasteiger partial charge >= 0.3 is 0 Å². The third-order valence-corrected chi connectivity index (χ3v) is 3.70. The lowest BCUT2D eigenvalue weighted by atomic mass is 10.3. The molecular formula is C11H8Br2FNO. The number of hydrogen-bond acceptors (Lipinski definition) is 2. The van der Waals surface area contributed by atoms with Gasteiger partial charge in [0.1, 0.15) is 11.6 Å². The fraction of sp³-hybridized carbons (Fsp3) is 0.0909. The Labute approximate surface area is 109 Å². The maximum absolute atomic E-state index is 12.9. The van der Waals surface area contributed by atoms with Crippen molar-refractivity contribution in [1.29, 1.82) is 0 Å². The average molecular weight is 349 g/mol. The Kier molecular flexibility index (Phi) is 3.66. The molecule has 2 aromatic rings. The molecule has 0 fully saturated rings. The zero-order valence-corrected chi connectivity index (χ0v) is 11.3. The topological polar surface area (TPSA) is 25.2 Å². The van der Waals surface area contributed by atoms with Crippen LogP contribution in [0.25, 0.3) is 0 Å². The Hall–Kier alpha value is -0.810. The Balaban J connectivity index is 2.02. The molecule has 1 aromatic carbocycles. The van der Waals surface area contributed by atoms with Gasteiger partial charge in [0, 0.05) is 5.69 Å². The second-order valence-corrected chi connectivity index (χ2v) is 4.77. The smallest absolute Gasteiger partial charge is 0.183 e. The Morgan fingerprint density at radius 2 is 2.06 bits per heavy atom. The highest BCUT2D eigenvalue weighted by Gasteiger charge is 2.05. The summed E-state index contributed by atoms with van der Waals surface area (Å²) < 4.78 is 19.8. The van der Waals surface area contributed by atoms with E-state index < -0.39 is 0 Å². The highest BCUT2D eigenvalue weighted by molar-refractivity contribution is 9.13. The minimum atomic E-state index is -0.258. The summed E-state index contributed by atoms with van der Waals surface area (Å²) in [6.45, 7) is 0.508. The minimum absolute atomic E-state index is 0.258. The van der Waals surface area contributed by atoms with E-state index in [1.54, 1.807) is 12.1 Å². The van der Waals surface area contributed by atoms with Gasteiger partial charge in [-0.2, -0.15) is 0 Å². The van der Waals surface area contributed by atoms with Crippen molar-refractivity contribution in [1.82, 2.24) is 0 Å². The van der Waals surface area contributed by atoms with Gasteiger partial charge in [-0.05, 0) is 56.1 Å². The molecule has 0 unspecified atom stereocenters. The van der Waals surface area contributed by atoms with E-state index in [-0.39, 0.29) is 5.82 Å². The molecule has 84 valence electrons. The van der Waals surface area contributed by atoms with Crippen molar-refractivity contribution in [2.45, 2.75) is 6.54 Å². The van der Waals surface area contributed by atoms with E-state index >= 15 is 0 Å². The highest BCUT2D eigenvalue weighted by Crippen LogP contribution is 2.27. The first kappa shape index (κ1) is 11.7. The van der Waals surface area contributed by atoms with Crippen molar-refractivity contribution in [3.05, 3.63) is 51.1 Å². The van der Waals surface area contributed by atoms with E-state index in [0.29, 0.717) is 11.2 Å². The van der Waals surface area contributed by atoms with Gasteiger partial charge in [0.05, 0.1) is 11.0 Å². The second kappa shape index (κ2) is 5.01. The van der Waals surface area contributed by atoms with Crippen molar-refractivity contribution in [2.24, 2.45) is 0 Å². The molecule has 1 heterocycles. The average Bonchev–Trinajstić information content (AvgIpc) is 2.56. The zero-order valence-electron chi connectivity index (χ0n) is 8.14. The molecule has 2 nitrogen and oxygen atoms in total. The maximum atomic E-state index is 12.9. The lowest BCUT2D eigenvalue weighted by molar-refractivity contribution is 0.494. The molecule has 0 atom stereocenters. The molecule has 0 bridgehead atoms. The molecule has 1 N–H and O–H groups in total. The zero-order chi connectivity index (χ0) is 11.5. The van der Waals surface area contributed by atoms with Crippen molar-refractivity contribution in [2.75, 3.05) is 5.32 Å². The van der Waals surface area contributed by atoms with Crippen LogP contribution in [0.15, 0.2) is 43.9 Å². The van der Waals surface area contributed by atoms with Gasteiger partial charge < -0.3 is 9.73 Å². The normalized spacial score (nSPS) is 10.4. The first-order valence-electron chi connectivity index (χ1n) is 4.58. The fourth-order valence-corrected chi connectivity index (χ4v) is 1.92. The molecular weight excluding hydrogens is 341 g/mol. The van der Waals surface area contributed by atoms with E-state index in [4.69, 9.17) is 4.42 Å². The molecule has 0 aliphatic carbocycles.